The summed E-state index contributed by atoms with van der Waals surface area (Å²) in [6.07, 6.45) is 2.82. The normalized spacial score (nSPS) is 17.6. The van der Waals surface area contributed by atoms with Gasteiger partial charge in [-0.05, 0) is 49.1 Å². The van der Waals surface area contributed by atoms with Crippen molar-refractivity contribution in [2.24, 2.45) is 0 Å². The molecule has 1 fully saturated rings. The van der Waals surface area contributed by atoms with Gasteiger partial charge in [-0.25, -0.2) is 0 Å². The molecule has 7 nitrogen and oxygen atoms in total. The molecule has 0 saturated carbocycles. The first-order valence-corrected chi connectivity index (χ1v) is 10.4. The van der Waals surface area contributed by atoms with Crippen LogP contribution < -0.4 is 14.5 Å². The molecule has 2 aromatic rings. The van der Waals surface area contributed by atoms with Gasteiger partial charge in [0.2, 0.25) is 5.91 Å². The lowest BCUT2D eigenvalue weighted by atomic mass is 10.1. The zero-order valence-electron chi connectivity index (χ0n) is 16.7. The summed E-state index contributed by atoms with van der Waals surface area (Å²) in [7, 11) is 0. The minimum absolute atomic E-state index is 0.0284. The van der Waals surface area contributed by atoms with Crippen LogP contribution >= 0.6 is 0 Å². The molecule has 30 heavy (non-hydrogen) atoms. The van der Waals surface area contributed by atoms with E-state index in [4.69, 9.17) is 4.74 Å². The molecular weight excluding hydrogens is 382 g/mol. The zero-order valence-corrected chi connectivity index (χ0v) is 16.7. The first-order valence-electron chi connectivity index (χ1n) is 10.4. The Morgan fingerprint density at radius 2 is 1.77 bits per heavy atom. The molecule has 7 heteroatoms. The molecule has 0 unspecified atom stereocenters. The Morgan fingerprint density at radius 3 is 2.60 bits per heavy atom. The van der Waals surface area contributed by atoms with E-state index in [-0.39, 0.29) is 30.9 Å². The van der Waals surface area contributed by atoms with Gasteiger partial charge in [0, 0.05) is 30.9 Å². The number of carbonyl (C=O) groups excluding carboxylic acids is 3. The highest BCUT2D eigenvalue weighted by Crippen LogP contribution is 2.35. The van der Waals surface area contributed by atoms with E-state index < -0.39 is 0 Å². The highest BCUT2D eigenvalue weighted by molar-refractivity contribution is 6.09. The second-order valence-electron chi connectivity index (χ2n) is 7.87. The number of amides is 3. The molecule has 0 atom stereocenters. The summed E-state index contributed by atoms with van der Waals surface area (Å²) in [6, 6.07) is 13.0. The number of anilines is 2. The number of ether oxygens (including phenoxy) is 1. The Kier molecular flexibility index (Phi) is 4.65. The fourth-order valence-corrected chi connectivity index (χ4v) is 4.42. The molecule has 3 aliphatic rings. The molecule has 5 rings (SSSR count). The third-order valence-corrected chi connectivity index (χ3v) is 6.03. The molecule has 1 saturated heterocycles. The van der Waals surface area contributed by atoms with Gasteiger partial charge in [0.25, 0.3) is 11.8 Å². The van der Waals surface area contributed by atoms with E-state index in [0.29, 0.717) is 23.5 Å². The number of carbonyl (C=O) groups is 3. The largest absolute Gasteiger partial charge is 0.482 e. The maximum Gasteiger partial charge on any atom is 0.265 e. The van der Waals surface area contributed by atoms with E-state index in [1.807, 2.05) is 24.3 Å². The number of para-hydroxylation sites is 1. The molecular formula is C23H23N3O4. The molecule has 0 N–H and O–H groups in total. The average Bonchev–Trinajstić information content (AvgIpc) is 3.45. The van der Waals surface area contributed by atoms with Gasteiger partial charge in [0.15, 0.2) is 6.61 Å². The Balaban J connectivity index is 1.43. The molecule has 0 spiro atoms. The summed E-state index contributed by atoms with van der Waals surface area (Å²) in [5.41, 5.74) is 3.04. The van der Waals surface area contributed by atoms with Crippen molar-refractivity contribution in [2.75, 3.05) is 42.6 Å². The van der Waals surface area contributed by atoms with Gasteiger partial charge >= 0.3 is 0 Å². The van der Waals surface area contributed by atoms with Crippen LogP contribution in [-0.2, 0) is 16.0 Å². The fraction of sp³-hybridized carbons (Fsp3) is 0.348. The number of benzene rings is 2. The molecule has 154 valence electrons. The lowest BCUT2D eigenvalue weighted by Crippen LogP contribution is -2.46. The highest BCUT2D eigenvalue weighted by Gasteiger charge is 2.32. The summed E-state index contributed by atoms with van der Waals surface area (Å²) in [5, 5.41) is 0. The van der Waals surface area contributed by atoms with Gasteiger partial charge in [0.05, 0.1) is 5.69 Å². The minimum Gasteiger partial charge on any atom is -0.482 e. The quantitative estimate of drug-likeness (QED) is 0.785. The molecule has 3 heterocycles. The molecule has 3 aliphatic heterocycles. The van der Waals surface area contributed by atoms with Gasteiger partial charge in [-0.3, -0.25) is 19.3 Å². The summed E-state index contributed by atoms with van der Waals surface area (Å²) in [6.45, 7) is 1.96. The van der Waals surface area contributed by atoms with Crippen molar-refractivity contribution in [3.8, 4) is 5.75 Å². The van der Waals surface area contributed by atoms with Crippen molar-refractivity contribution in [1.82, 2.24) is 4.90 Å². The van der Waals surface area contributed by atoms with Gasteiger partial charge in [0.1, 0.15) is 12.3 Å². The van der Waals surface area contributed by atoms with Crippen molar-refractivity contribution in [2.45, 2.75) is 19.3 Å². The number of nitrogens with zero attached hydrogens (tertiary/aromatic N) is 3. The summed E-state index contributed by atoms with van der Waals surface area (Å²) < 4.78 is 5.55. The molecule has 0 radical (unpaired) electrons. The van der Waals surface area contributed by atoms with Crippen molar-refractivity contribution in [3.63, 3.8) is 0 Å². The third kappa shape index (κ3) is 3.20. The highest BCUT2D eigenvalue weighted by atomic mass is 16.5. The molecule has 0 aromatic heterocycles. The predicted molar refractivity (Wildman–Crippen MR) is 112 cm³/mol. The minimum atomic E-state index is -0.272. The van der Waals surface area contributed by atoms with E-state index in [1.54, 1.807) is 28.0 Å². The first-order chi connectivity index (χ1) is 14.6. The van der Waals surface area contributed by atoms with Gasteiger partial charge in [-0.15, -0.1) is 0 Å². The van der Waals surface area contributed by atoms with Crippen LogP contribution in [0.5, 0.6) is 5.75 Å². The predicted octanol–water partition coefficient (Wildman–Crippen LogP) is 2.24. The number of hydrogen-bond acceptors (Lipinski definition) is 4. The van der Waals surface area contributed by atoms with Crippen molar-refractivity contribution in [1.29, 1.82) is 0 Å². The number of hydrogen-bond donors (Lipinski definition) is 0. The Hall–Kier alpha value is -3.35. The van der Waals surface area contributed by atoms with Crippen LogP contribution in [0, 0.1) is 0 Å². The Morgan fingerprint density at radius 1 is 0.967 bits per heavy atom. The summed E-state index contributed by atoms with van der Waals surface area (Å²) in [5.74, 6) is 0.0545. The van der Waals surface area contributed by atoms with E-state index in [1.165, 1.54) is 4.90 Å². The topological polar surface area (TPSA) is 70.2 Å². The van der Waals surface area contributed by atoms with E-state index in [9.17, 15) is 14.4 Å². The van der Waals surface area contributed by atoms with Crippen LogP contribution in [0.1, 0.15) is 28.8 Å². The third-order valence-electron chi connectivity index (χ3n) is 6.03. The first kappa shape index (κ1) is 18.7. The van der Waals surface area contributed by atoms with Crippen LogP contribution in [0.15, 0.2) is 42.5 Å². The second-order valence-corrected chi connectivity index (χ2v) is 7.87. The molecule has 3 amide bonds. The maximum absolute atomic E-state index is 13.2. The van der Waals surface area contributed by atoms with E-state index >= 15 is 0 Å². The SMILES string of the molecule is O=C(CN1C(=O)COc2ccc(C(=O)N3CCc4ccccc43)cc21)N1CCCC1. The molecule has 0 aliphatic carbocycles. The average molecular weight is 405 g/mol. The number of fused-ring (bicyclic) bond motifs is 2. The lowest BCUT2D eigenvalue weighted by Gasteiger charge is -2.30. The van der Waals surface area contributed by atoms with Crippen LogP contribution in [0.2, 0.25) is 0 Å². The summed E-state index contributed by atoms with van der Waals surface area (Å²) >= 11 is 0. The van der Waals surface area contributed by atoms with Crippen LogP contribution in [0.3, 0.4) is 0 Å². The fourth-order valence-electron chi connectivity index (χ4n) is 4.42. The van der Waals surface area contributed by atoms with Crippen molar-refractivity contribution in [3.05, 3.63) is 53.6 Å². The van der Waals surface area contributed by atoms with Crippen molar-refractivity contribution < 1.29 is 19.1 Å². The van der Waals surface area contributed by atoms with Crippen LogP contribution in [-0.4, -0.2) is 55.4 Å². The molecule has 0 bridgehead atoms. The lowest BCUT2D eigenvalue weighted by molar-refractivity contribution is -0.131. The molecule has 2 aromatic carbocycles. The van der Waals surface area contributed by atoms with E-state index in [0.717, 1.165) is 43.6 Å². The van der Waals surface area contributed by atoms with Gasteiger partial charge in [-0.2, -0.15) is 0 Å². The van der Waals surface area contributed by atoms with Crippen molar-refractivity contribution >= 4 is 29.1 Å². The smallest absolute Gasteiger partial charge is 0.265 e. The standard InChI is InChI=1S/C23H23N3O4/c27-21(24-10-3-4-11-24)14-26-19-13-17(7-8-20(19)30-15-22(26)28)23(29)25-12-9-16-5-1-2-6-18(16)25/h1-2,5-8,13H,3-4,9-12,14-15H2. The van der Waals surface area contributed by atoms with Gasteiger partial charge in [-0.1, -0.05) is 18.2 Å². The second kappa shape index (κ2) is 7.48. The maximum atomic E-state index is 13.2. The number of likely N-dealkylation sites (tertiary alicyclic amines) is 1. The van der Waals surface area contributed by atoms with Crippen LogP contribution in [0.4, 0.5) is 11.4 Å². The summed E-state index contributed by atoms with van der Waals surface area (Å²) in [4.78, 5) is 43.4. The zero-order chi connectivity index (χ0) is 20.7. The Labute approximate surface area is 174 Å². The van der Waals surface area contributed by atoms with E-state index in [2.05, 4.69) is 0 Å². The number of rotatable bonds is 3. The monoisotopic (exact) mass is 405 g/mol. The van der Waals surface area contributed by atoms with Gasteiger partial charge < -0.3 is 14.5 Å². The Bertz CT molecular complexity index is 1030. The van der Waals surface area contributed by atoms with Crippen LogP contribution in [0.25, 0.3) is 0 Å².